The van der Waals surface area contributed by atoms with Gasteiger partial charge >= 0.3 is 0 Å². The number of anilines is 3. The van der Waals surface area contributed by atoms with Gasteiger partial charge in [0.25, 0.3) is 11.8 Å². The first-order chi connectivity index (χ1) is 16.4. The van der Waals surface area contributed by atoms with E-state index in [1.807, 2.05) is 51.1 Å². The molecule has 3 aromatic rings. The molecule has 0 spiro atoms. The van der Waals surface area contributed by atoms with Gasteiger partial charge in [0.2, 0.25) is 5.91 Å². The summed E-state index contributed by atoms with van der Waals surface area (Å²) in [6.07, 6.45) is 0. The van der Waals surface area contributed by atoms with Gasteiger partial charge in [-0.05, 0) is 81.4 Å². The van der Waals surface area contributed by atoms with Crippen LogP contribution >= 0.6 is 0 Å². The van der Waals surface area contributed by atoms with Crippen LogP contribution in [0.3, 0.4) is 0 Å². The standard InChI is InChI=1S/C27H30N4O3/c1-4-31(24-8-6-5-7-9-24)27(34)21-12-14-22(15-13-21)28-18-25(32)30-23-16-10-20(11-17-23)26(33)29-19(2)3/h5-17,19,28H,4,18H2,1-3H3,(H,29,33)(H,30,32). The molecule has 3 rings (SSSR count). The quantitative estimate of drug-likeness (QED) is 0.439. The lowest BCUT2D eigenvalue weighted by atomic mass is 10.1. The number of nitrogens with zero attached hydrogens (tertiary/aromatic N) is 1. The Bertz CT molecular complexity index is 1110. The van der Waals surface area contributed by atoms with E-state index in [9.17, 15) is 14.4 Å². The van der Waals surface area contributed by atoms with E-state index in [4.69, 9.17) is 0 Å². The molecular weight excluding hydrogens is 428 g/mol. The van der Waals surface area contributed by atoms with Gasteiger partial charge in [-0.15, -0.1) is 0 Å². The third-order valence-corrected chi connectivity index (χ3v) is 5.06. The number of para-hydroxylation sites is 1. The van der Waals surface area contributed by atoms with Gasteiger partial charge in [0.1, 0.15) is 0 Å². The Hall–Kier alpha value is -4.13. The molecule has 0 heterocycles. The molecule has 0 fully saturated rings. The van der Waals surface area contributed by atoms with Crippen LogP contribution < -0.4 is 20.9 Å². The SMILES string of the molecule is CCN(C(=O)c1ccc(NCC(=O)Nc2ccc(C(=O)NC(C)C)cc2)cc1)c1ccccc1. The second-order valence-electron chi connectivity index (χ2n) is 8.07. The molecule has 0 radical (unpaired) electrons. The number of hydrogen-bond donors (Lipinski definition) is 3. The Labute approximate surface area is 200 Å². The van der Waals surface area contributed by atoms with Gasteiger partial charge < -0.3 is 20.9 Å². The Morgan fingerprint density at radius 2 is 1.38 bits per heavy atom. The van der Waals surface area contributed by atoms with Gasteiger partial charge in [-0.3, -0.25) is 14.4 Å². The van der Waals surface area contributed by atoms with Crippen LogP contribution in [0.1, 0.15) is 41.5 Å². The first-order valence-corrected chi connectivity index (χ1v) is 11.3. The summed E-state index contributed by atoms with van der Waals surface area (Å²) in [6, 6.07) is 23.4. The van der Waals surface area contributed by atoms with Crippen LogP contribution in [-0.4, -0.2) is 36.9 Å². The van der Waals surface area contributed by atoms with Crippen LogP contribution in [0, 0.1) is 0 Å². The number of carbonyl (C=O) groups is 3. The summed E-state index contributed by atoms with van der Waals surface area (Å²) in [6.45, 7) is 6.36. The average molecular weight is 459 g/mol. The van der Waals surface area contributed by atoms with Gasteiger partial charge in [-0.2, -0.15) is 0 Å². The van der Waals surface area contributed by atoms with Crippen molar-refractivity contribution in [3.63, 3.8) is 0 Å². The fourth-order valence-electron chi connectivity index (χ4n) is 3.38. The molecule has 7 nitrogen and oxygen atoms in total. The van der Waals surface area contributed by atoms with Crippen molar-refractivity contribution in [2.45, 2.75) is 26.8 Å². The van der Waals surface area contributed by atoms with Crippen molar-refractivity contribution in [1.82, 2.24) is 5.32 Å². The van der Waals surface area contributed by atoms with E-state index in [2.05, 4.69) is 16.0 Å². The van der Waals surface area contributed by atoms with E-state index in [1.165, 1.54) is 0 Å². The molecule has 3 amide bonds. The lowest BCUT2D eigenvalue weighted by Gasteiger charge is -2.21. The third-order valence-electron chi connectivity index (χ3n) is 5.06. The fraction of sp³-hybridized carbons (Fsp3) is 0.222. The van der Waals surface area contributed by atoms with Crippen LogP contribution in [-0.2, 0) is 4.79 Å². The summed E-state index contributed by atoms with van der Waals surface area (Å²) >= 11 is 0. The smallest absolute Gasteiger partial charge is 0.258 e. The molecule has 0 aromatic heterocycles. The Morgan fingerprint density at radius 3 is 1.97 bits per heavy atom. The van der Waals surface area contributed by atoms with Crippen molar-refractivity contribution in [2.24, 2.45) is 0 Å². The molecule has 0 unspecified atom stereocenters. The molecule has 3 aromatic carbocycles. The van der Waals surface area contributed by atoms with Crippen LogP contribution in [0.5, 0.6) is 0 Å². The monoisotopic (exact) mass is 458 g/mol. The van der Waals surface area contributed by atoms with Gasteiger partial charge in [0, 0.05) is 40.8 Å². The van der Waals surface area contributed by atoms with E-state index < -0.39 is 0 Å². The number of amides is 3. The Balaban J connectivity index is 1.52. The summed E-state index contributed by atoms with van der Waals surface area (Å²) in [4.78, 5) is 38.9. The molecule has 0 aliphatic carbocycles. The average Bonchev–Trinajstić information content (AvgIpc) is 2.84. The lowest BCUT2D eigenvalue weighted by molar-refractivity contribution is -0.114. The molecule has 3 N–H and O–H groups in total. The van der Waals surface area contributed by atoms with Crippen LogP contribution in [0.2, 0.25) is 0 Å². The molecule has 0 aliphatic rings. The van der Waals surface area contributed by atoms with E-state index in [-0.39, 0.29) is 30.3 Å². The van der Waals surface area contributed by atoms with Crippen LogP contribution in [0.4, 0.5) is 17.1 Å². The Kier molecular flexibility index (Phi) is 8.40. The first kappa shape index (κ1) is 24.5. The summed E-state index contributed by atoms with van der Waals surface area (Å²) in [5.74, 6) is -0.452. The second kappa shape index (κ2) is 11.7. The molecule has 34 heavy (non-hydrogen) atoms. The first-order valence-electron chi connectivity index (χ1n) is 11.3. The van der Waals surface area contributed by atoms with Gasteiger partial charge in [-0.1, -0.05) is 18.2 Å². The molecule has 0 saturated carbocycles. The predicted octanol–water partition coefficient (Wildman–Crippen LogP) is 4.54. The fourth-order valence-corrected chi connectivity index (χ4v) is 3.38. The zero-order valence-electron chi connectivity index (χ0n) is 19.7. The molecule has 176 valence electrons. The highest BCUT2D eigenvalue weighted by atomic mass is 16.2. The number of carbonyl (C=O) groups excluding carboxylic acids is 3. The molecular formula is C27H30N4O3. The normalized spacial score (nSPS) is 10.5. The van der Waals surface area contributed by atoms with Crippen molar-refractivity contribution in [1.29, 1.82) is 0 Å². The van der Waals surface area contributed by atoms with Crippen molar-refractivity contribution in [3.05, 3.63) is 90.0 Å². The van der Waals surface area contributed by atoms with Gasteiger partial charge in [-0.25, -0.2) is 0 Å². The highest BCUT2D eigenvalue weighted by Crippen LogP contribution is 2.18. The van der Waals surface area contributed by atoms with E-state index in [0.29, 0.717) is 23.4 Å². The van der Waals surface area contributed by atoms with Gasteiger partial charge in [0.05, 0.1) is 6.54 Å². The van der Waals surface area contributed by atoms with E-state index in [0.717, 1.165) is 11.4 Å². The number of hydrogen-bond acceptors (Lipinski definition) is 4. The largest absolute Gasteiger partial charge is 0.376 e. The topological polar surface area (TPSA) is 90.5 Å². The zero-order chi connectivity index (χ0) is 24.5. The maximum atomic E-state index is 12.9. The number of rotatable bonds is 9. The maximum absolute atomic E-state index is 12.9. The van der Waals surface area contributed by atoms with Crippen LogP contribution in [0.15, 0.2) is 78.9 Å². The molecule has 0 atom stereocenters. The summed E-state index contributed by atoms with van der Waals surface area (Å²) in [7, 11) is 0. The van der Waals surface area contributed by atoms with Crippen molar-refractivity contribution >= 4 is 34.8 Å². The maximum Gasteiger partial charge on any atom is 0.258 e. The summed E-state index contributed by atoms with van der Waals surface area (Å²) in [5, 5.41) is 8.68. The van der Waals surface area contributed by atoms with Crippen molar-refractivity contribution in [3.8, 4) is 0 Å². The van der Waals surface area contributed by atoms with Crippen molar-refractivity contribution < 1.29 is 14.4 Å². The van der Waals surface area contributed by atoms with Crippen molar-refractivity contribution in [2.75, 3.05) is 28.6 Å². The van der Waals surface area contributed by atoms with E-state index >= 15 is 0 Å². The lowest BCUT2D eigenvalue weighted by Crippen LogP contribution is -2.30. The van der Waals surface area contributed by atoms with E-state index in [1.54, 1.807) is 53.4 Å². The van der Waals surface area contributed by atoms with Gasteiger partial charge in [0.15, 0.2) is 0 Å². The summed E-state index contributed by atoms with van der Waals surface area (Å²) < 4.78 is 0. The molecule has 0 saturated heterocycles. The number of nitrogens with one attached hydrogen (secondary N) is 3. The minimum absolute atomic E-state index is 0.0552. The highest BCUT2D eigenvalue weighted by molar-refractivity contribution is 6.06. The van der Waals surface area contributed by atoms with Crippen LogP contribution in [0.25, 0.3) is 0 Å². The number of benzene rings is 3. The zero-order valence-corrected chi connectivity index (χ0v) is 19.7. The minimum atomic E-state index is -0.222. The summed E-state index contributed by atoms with van der Waals surface area (Å²) in [5.41, 5.74) is 3.29. The highest BCUT2D eigenvalue weighted by Gasteiger charge is 2.15. The molecule has 0 bridgehead atoms. The molecule has 7 heteroatoms. The Morgan fingerprint density at radius 1 is 0.794 bits per heavy atom. The second-order valence-corrected chi connectivity index (χ2v) is 8.07. The molecule has 0 aliphatic heterocycles. The minimum Gasteiger partial charge on any atom is -0.376 e. The third kappa shape index (κ3) is 6.68. The predicted molar refractivity (Wildman–Crippen MR) is 136 cm³/mol.